The van der Waals surface area contributed by atoms with Crippen LogP contribution in [0.2, 0.25) is 5.15 Å². The molecular weight excluding hydrogens is 290 g/mol. The maximum Gasteiger partial charge on any atom is 0.220 e. The zero-order valence-electron chi connectivity index (χ0n) is 11.7. The Labute approximate surface area is 128 Å². The van der Waals surface area contributed by atoms with Crippen LogP contribution in [0.25, 0.3) is 0 Å². The number of aromatic nitrogens is 1. The van der Waals surface area contributed by atoms with Gasteiger partial charge in [-0.2, -0.15) is 0 Å². The van der Waals surface area contributed by atoms with Crippen molar-refractivity contribution < 1.29 is 9.53 Å². The summed E-state index contributed by atoms with van der Waals surface area (Å²) in [4.78, 5) is 15.8. The van der Waals surface area contributed by atoms with Gasteiger partial charge in [-0.25, -0.2) is 4.98 Å². The van der Waals surface area contributed by atoms with Crippen molar-refractivity contribution in [2.24, 2.45) is 0 Å². The molecule has 2 unspecified atom stereocenters. The summed E-state index contributed by atoms with van der Waals surface area (Å²) >= 11 is 6.07. The van der Waals surface area contributed by atoms with Crippen molar-refractivity contribution in [1.29, 1.82) is 0 Å². The average Bonchev–Trinajstić information content (AvgIpc) is 3.05. The van der Waals surface area contributed by atoms with Crippen LogP contribution in [0.15, 0.2) is 6.07 Å². The van der Waals surface area contributed by atoms with Gasteiger partial charge in [0, 0.05) is 18.5 Å². The number of rotatable bonds is 3. The zero-order valence-corrected chi connectivity index (χ0v) is 12.5. The first kappa shape index (κ1) is 13.3. The molecule has 2 aliphatic heterocycles. The van der Waals surface area contributed by atoms with Crippen molar-refractivity contribution in [3.63, 3.8) is 0 Å². The van der Waals surface area contributed by atoms with Crippen molar-refractivity contribution in [2.75, 3.05) is 13.2 Å². The van der Waals surface area contributed by atoms with Gasteiger partial charge in [0.05, 0.1) is 11.6 Å². The number of hydrogen-bond acceptors (Lipinski definition) is 4. The highest BCUT2D eigenvalue weighted by molar-refractivity contribution is 6.29. The van der Waals surface area contributed by atoms with Crippen molar-refractivity contribution in [3.05, 3.63) is 22.3 Å². The van der Waals surface area contributed by atoms with E-state index in [9.17, 15) is 4.79 Å². The molecule has 1 aromatic heterocycles. The Kier molecular flexibility index (Phi) is 3.08. The van der Waals surface area contributed by atoms with Crippen LogP contribution in [-0.2, 0) is 17.6 Å². The van der Waals surface area contributed by atoms with Gasteiger partial charge in [0.1, 0.15) is 11.8 Å². The molecule has 6 heteroatoms. The highest BCUT2D eigenvalue weighted by Gasteiger charge is 2.51. The number of nitrogens with one attached hydrogen (secondary N) is 2. The molecule has 21 heavy (non-hydrogen) atoms. The Morgan fingerprint density at radius 3 is 3.05 bits per heavy atom. The number of carbonyl (C=O) groups is 1. The van der Waals surface area contributed by atoms with E-state index >= 15 is 0 Å². The number of fused-ring (bicyclic) bond motifs is 1. The van der Waals surface area contributed by atoms with Crippen LogP contribution in [0.4, 0.5) is 0 Å². The van der Waals surface area contributed by atoms with Gasteiger partial charge < -0.3 is 15.4 Å². The maximum absolute atomic E-state index is 11.5. The highest BCUT2D eigenvalue weighted by Crippen LogP contribution is 2.33. The number of pyridine rings is 1. The largest absolute Gasteiger partial charge is 0.476 e. The van der Waals surface area contributed by atoms with E-state index in [0.717, 1.165) is 32.2 Å². The quantitative estimate of drug-likeness (QED) is 0.824. The number of amides is 1. The standard InChI is InChI=1S/C15H18ClN3O2/c16-12-6-9-2-1-3-10(9)14(18-12)21-7-11-15(8-17-11)5-4-13(20)19-15/h6,11,17H,1-5,7-8H2,(H,19,20). The monoisotopic (exact) mass is 307 g/mol. The maximum atomic E-state index is 11.5. The number of carbonyl (C=O) groups excluding carboxylic acids is 1. The lowest BCUT2D eigenvalue weighted by atomic mass is 9.81. The van der Waals surface area contributed by atoms with Gasteiger partial charge in [-0.05, 0) is 37.3 Å². The van der Waals surface area contributed by atoms with Crippen LogP contribution in [0.5, 0.6) is 5.88 Å². The van der Waals surface area contributed by atoms with E-state index in [4.69, 9.17) is 16.3 Å². The van der Waals surface area contributed by atoms with E-state index in [1.54, 1.807) is 0 Å². The van der Waals surface area contributed by atoms with Gasteiger partial charge in [0.25, 0.3) is 0 Å². The number of ether oxygens (including phenoxy) is 1. The molecule has 3 heterocycles. The highest BCUT2D eigenvalue weighted by atomic mass is 35.5. The molecule has 1 aromatic rings. The zero-order chi connectivity index (χ0) is 14.4. The lowest BCUT2D eigenvalue weighted by molar-refractivity contribution is -0.120. The number of aryl methyl sites for hydroxylation is 1. The van der Waals surface area contributed by atoms with Crippen LogP contribution >= 0.6 is 11.6 Å². The molecule has 3 aliphatic rings. The van der Waals surface area contributed by atoms with Crippen LogP contribution in [-0.4, -0.2) is 35.6 Å². The third-order valence-corrected chi connectivity index (χ3v) is 5.12. The van der Waals surface area contributed by atoms with Gasteiger partial charge in [-0.15, -0.1) is 0 Å². The van der Waals surface area contributed by atoms with Gasteiger partial charge >= 0.3 is 0 Å². The van der Waals surface area contributed by atoms with E-state index < -0.39 is 0 Å². The second-order valence-corrected chi connectivity index (χ2v) is 6.58. The molecule has 1 spiro atoms. The van der Waals surface area contributed by atoms with Gasteiger partial charge in [0.2, 0.25) is 11.8 Å². The van der Waals surface area contributed by atoms with E-state index in [2.05, 4.69) is 15.6 Å². The lowest BCUT2D eigenvalue weighted by Crippen LogP contribution is -2.74. The Morgan fingerprint density at radius 2 is 2.33 bits per heavy atom. The van der Waals surface area contributed by atoms with Gasteiger partial charge in [0.15, 0.2) is 0 Å². The van der Waals surface area contributed by atoms with E-state index in [1.165, 1.54) is 11.1 Å². The average molecular weight is 308 g/mol. The number of nitrogens with zero attached hydrogens (tertiary/aromatic N) is 1. The first-order valence-electron chi connectivity index (χ1n) is 7.52. The Hall–Kier alpha value is -1.33. The number of halogens is 1. The molecule has 2 saturated heterocycles. The first-order valence-corrected chi connectivity index (χ1v) is 7.90. The molecule has 2 atom stereocenters. The molecule has 1 amide bonds. The molecule has 0 bridgehead atoms. The molecule has 0 aromatic carbocycles. The molecular formula is C15H18ClN3O2. The third-order valence-electron chi connectivity index (χ3n) is 4.92. The fourth-order valence-electron chi connectivity index (χ4n) is 3.64. The fraction of sp³-hybridized carbons (Fsp3) is 0.600. The summed E-state index contributed by atoms with van der Waals surface area (Å²) in [6.45, 7) is 1.34. The van der Waals surface area contributed by atoms with E-state index in [-0.39, 0.29) is 17.5 Å². The van der Waals surface area contributed by atoms with Crippen molar-refractivity contribution >= 4 is 17.5 Å². The predicted octanol–water partition coefficient (Wildman–Crippen LogP) is 1.22. The topological polar surface area (TPSA) is 63.2 Å². The summed E-state index contributed by atoms with van der Waals surface area (Å²) in [5, 5.41) is 6.94. The summed E-state index contributed by atoms with van der Waals surface area (Å²) in [6.07, 6.45) is 4.69. The Morgan fingerprint density at radius 1 is 1.43 bits per heavy atom. The minimum Gasteiger partial charge on any atom is -0.476 e. The molecule has 0 saturated carbocycles. The summed E-state index contributed by atoms with van der Waals surface area (Å²) in [5.41, 5.74) is 2.34. The number of hydrogen-bond donors (Lipinski definition) is 2. The SMILES string of the molecule is O=C1CCC2(CNC2COc2nc(Cl)cc3c2CCC3)N1. The molecule has 1 aliphatic carbocycles. The van der Waals surface area contributed by atoms with Gasteiger partial charge in [-0.1, -0.05) is 11.6 Å². The van der Waals surface area contributed by atoms with Crippen LogP contribution < -0.4 is 15.4 Å². The lowest BCUT2D eigenvalue weighted by Gasteiger charge is -2.47. The first-order chi connectivity index (χ1) is 10.2. The predicted molar refractivity (Wildman–Crippen MR) is 78.7 cm³/mol. The molecule has 2 fully saturated rings. The Bertz CT molecular complexity index is 607. The van der Waals surface area contributed by atoms with Crippen molar-refractivity contribution in [3.8, 4) is 5.88 Å². The van der Waals surface area contributed by atoms with Gasteiger partial charge in [-0.3, -0.25) is 4.79 Å². The van der Waals surface area contributed by atoms with Crippen molar-refractivity contribution in [2.45, 2.75) is 43.7 Å². The molecule has 2 N–H and O–H groups in total. The van der Waals surface area contributed by atoms with Crippen LogP contribution in [0.1, 0.15) is 30.4 Å². The summed E-state index contributed by atoms with van der Waals surface area (Å²) in [5.74, 6) is 0.812. The normalized spacial score (nSPS) is 30.1. The second kappa shape index (κ2) is 4.85. The van der Waals surface area contributed by atoms with E-state index in [0.29, 0.717) is 24.1 Å². The van der Waals surface area contributed by atoms with Crippen LogP contribution in [0, 0.1) is 0 Å². The fourth-order valence-corrected chi connectivity index (χ4v) is 3.85. The minimum absolute atomic E-state index is 0.112. The smallest absolute Gasteiger partial charge is 0.220 e. The van der Waals surface area contributed by atoms with E-state index in [1.807, 2.05) is 6.07 Å². The molecule has 112 valence electrons. The Balaban J connectivity index is 1.47. The van der Waals surface area contributed by atoms with Crippen LogP contribution in [0.3, 0.4) is 0 Å². The molecule has 5 nitrogen and oxygen atoms in total. The molecule has 0 radical (unpaired) electrons. The summed E-state index contributed by atoms with van der Waals surface area (Å²) in [7, 11) is 0. The molecule has 4 rings (SSSR count). The summed E-state index contributed by atoms with van der Waals surface area (Å²) < 4.78 is 5.95. The third kappa shape index (κ3) is 2.19. The van der Waals surface area contributed by atoms with Crippen molar-refractivity contribution in [1.82, 2.24) is 15.6 Å². The second-order valence-electron chi connectivity index (χ2n) is 6.19. The summed E-state index contributed by atoms with van der Waals surface area (Å²) in [6, 6.07) is 2.10. The minimum atomic E-state index is -0.112.